The largest absolute Gasteiger partial charge is 0.477 e. The van der Waals surface area contributed by atoms with E-state index in [9.17, 15) is 4.79 Å². The van der Waals surface area contributed by atoms with Gasteiger partial charge in [0.05, 0.1) is 5.70 Å². The molecule has 2 aliphatic heterocycles. The molecule has 1 unspecified atom stereocenters. The second-order valence-corrected chi connectivity index (χ2v) is 4.09. The summed E-state index contributed by atoms with van der Waals surface area (Å²) in [6.45, 7) is 2.09. The number of amidine groups is 1. The molecule has 0 fully saturated rings. The third-order valence-electron chi connectivity index (χ3n) is 3.04. The maximum absolute atomic E-state index is 10.8. The van der Waals surface area contributed by atoms with Crippen molar-refractivity contribution in [1.82, 2.24) is 0 Å². The fourth-order valence-corrected chi connectivity index (χ4v) is 2.29. The lowest BCUT2D eigenvalue weighted by atomic mass is 9.90. The van der Waals surface area contributed by atoms with E-state index in [2.05, 4.69) is 23.0 Å². The van der Waals surface area contributed by atoms with E-state index in [0.717, 1.165) is 16.8 Å². The van der Waals surface area contributed by atoms with Gasteiger partial charge in [-0.2, -0.15) is 0 Å². The molecule has 4 heteroatoms. The number of nitrogens with zero attached hydrogens (tertiary/aromatic N) is 2. The predicted octanol–water partition coefficient (Wildman–Crippen LogP) is 1.71. The molecule has 16 heavy (non-hydrogen) atoms. The molecule has 1 N–H and O–H groups in total. The molecule has 0 saturated heterocycles. The van der Waals surface area contributed by atoms with E-state index < -0.39 is 5.97 Å². The molecule has 0 aromatic rings. The van der Waals surface area contributed by atoms with Crippen LogP contribution >= 0.6 is 0 Å². The first-order valence-corrected chi connectivity index (χ1v) is 5.18. The molecule has 3 rings (SSSR count). The van der Waals surface area contributed by atoms with Crippen molar-refractivity contribution >= 4 is 17.5 Å². The Morgan fingerprint density at radius 3 is 3.06 bits per heavy atom. The molecule has 1 atom stereocenters. The lowest BCUT2D eigenvalue weighted by Gasteiger charge is -2.14. The molecule has 1 aliphatic carbocycles. The maximum Gasteiger partial charge on any atom is 0.350 e. The standard InChI is InChI=1S/C12H10N2O2/c1-6-3-2-4-8-10(6)7-5-9(12(15)16)14-11(7)13-8/h2-4,6H,5H2,1H3,(H,15,16). The summed E-state index contributed by atoms with van der Waals surface area (Å²) in [7, 11) is 0. The van der Waals surface area contributed by atoms with Gasteiger partial charge in [0, 0.05) is 17.9 Å². The first-order valence-electron chi connectivity index (χ1n) is 5.18. The van der Waals surface area contributed by atoms with Gasteiger partial charge in [-0.15, -0.1) is 0 Å². The van der Waals surface area contributed by atoms with Gasteiger partial charge in [-0.25, -0.2) is 14.8 Å². The number of hydrogen-bond acceptors (Lipinski definition) is 3. The average Bonchev–Trinajstić information content (AvgIpc) is 2.73. The Hall–Kier alpha value is -1.97. The summed E-state index contributed by atoms with van der Waals surface area (Å²) in [4.78, 5) is 19.2. The first kappa shape index (κ1) is 9.27. The van der Waals surface area contributed by atoms with Gasteiger partial charge in [0.1, 0.15) is 5.71 Å². The molecule has 4 nitrogen and oxygen atoms in total. The summed E-state index contributed by atoms with van der Waals surface area (Å²) in [6.07, 6.45) is 6.42. The van der Waals surface area contributed by atoms with Crippen molar-refractivity contribution in [2.75, 3.05) is 0 Å². The van der Waals surface area contributed by atoms with E-state index in [0.29, 0.717) is 18.2 Å². The van der Waals surface area contributed by atoms with Crippen molar-refractivity contribution in [3.8, 4) is 0 Å². The summed E-state index contributed by atoms with van der Waals surface area (Å²) < 4.78 is 0. The van der Waals surface area contributed by atoms with Crippen LogP contribution in [-0.2, 0) is 4.79 Å². The molecule has 0 aromatic heterocycles. The minimum Gasteiger partial charge on any atom is -0.477 e. The highest BCUT2D eigenvalue weighted by Crippen LogP contribution is 2.38. The van der Waals surface area contributed by atoms with Gasteiger partial charge < -0.3 is 5.11 Å². The number of hydrogen-bond donors (Lipinski definition) is 1. The number of aliphatic imine (C=N–C) groups is 2. The van der Waals surface area contributed by atoms with Gasteiger partial charge in [-0.1, -0.05) is 19.1 Å². The minimum atomic E-state index is -0.949. The van der Waals surface area contributed by atoms with E-state index in [1.54, 1.807) is 0 Å². The quantitative estimate of drug-likeness (QED) is 0.722. The Labute approximate surface area is 92.4 Å². The second kappa shape index (κ2) is 3.01. The van der Waals surface area contributed by atoms with Crippen molar-refractivity contribution in [3.63, 3.8) is 0 Å². The molecule has 3 aliphatic rings. The lowest BCUT2D eigenvalue weighted by molar-refractivity contribution is -0.129. The number of aliphatic carboxylic acids is 1. The zero-order chi connectivity index (χ0) is 11.3. The average molecular weight is 214 g/mol. The van der Waals surface area contributed by atoms with Gasteiger partial charge in [0.2, 0.25) is 0 Å². The van der Waals surface area contributed by atoms with Crippen LogP contribution in [0.1, 0.15) is 13.3 Å². The number of allylic oxidation sites excluding steroid dienone is 4. The van der Waals surface area contributed by atoms with Gasteiger partial charge in [-0.05, 0) is 11.6 Å². The van der Waals surface area contributed by atoms with Crippen molar-refractivity contribution in [1.29, 1.82) is 0 Å². The summed E-state index contributed by atoms with van der Waals surface area (Å²) in [5, 5.41) is 8.89. The number of rotatable bonds is 1. The first-order chi connectivity index (χ1) is 7.66. The maximum atomic E-state index is 10.8. The highest BCUT2D eigenvalue weighted by Gasteiger charge is 2.33. The topological polar surface area (TPSA) is 62.0 Å². The monoisotopic (exact) mass is 214 g/mol. The van der Waals surface area contributed by atoms with Crippen LogP contribution in [0.3, 0.4) is 0 Å². The van der Waals surface area contributed by atoms with Gasteiger partial charge >= 0.3 is 5.97 Å². The molecular weight excluding hydrogens is 204 g/mol. The van der Waals surface area contributed by atoms with Gasteiger partial charge in [-0.3, -0.25) is 0 Å². The Kier molecular flexibility index (Phi) is 1.74. The van der Waals surface area contributed by atoms with E-state index in [-0.39, 0.29) is 5.71 Å². The van der Waals surface area contributed by atoms with Crippen LogP contribution < -0.4 is 0 Å². The highest BCUT2D eigenvalue weighted by atomic mass is 16.4. The Balaban J connectivity index is 2.09. The van der Waals surface area contributed by atoms with Gasteiger partial charge in [0.25, 0.3) is 0 Å². The lowest BCUT2D eigenvalue weighted by Crippen LogP contribution is -2.10. The summed E-state index contributed by atoms with van der Waals surface area (Å²) in [5.41, 5.74) is 3.26. The smallest absolute Gasteiger partial charge is 0.350 e. The van der Waals surface area contributed by atoms with Gasteiger partial charge in [0.15, 0.2) is 5.84 Å². The molecule has 0 spiro atoms. The van der Waals surface area contributed by atoms with E-state index in [4.69, 9.17) is 5.11 Å². The van der Waals surface area contributed by atoms with Crippen LogP contribution in [0.4, 0.5) is 0 Å². The molecule has 0 saturated carbocycles. The third kappa shape index (κ3) is 1.13. The summed E-state index contributed by atoms with van der Waals surface area (Å²) >= 11 is 0. The van der Waals surface area contributed by atoms with Crippen LogP contribution in [0.2, 0.25) is 0 Å². The summed E-state index contributed by atoms with van der Waals surface area (Å²) in [6, 6.07) is 0. The second-order valence-electron chi connectivity index (χ2n) is 4.09. The Morgan fingerprint density at radius 2 is 2.31 bits per heavy atom. The van der Waals surface area contributed by atoms with Crippen LogP contribution in [-0.4, -0.2) is 22.6 Å². The zero-order valence-corrected chi connectivity index (χ0v) is 8.77. The summed E-state index contributed by atoms with van der Waals surface area (Å²) in [5.74, 6) is -0.0662. The Bertz CT molecular complexity index is 547. The van der Waals surface area contributed by atoms with Crippen LogP contribution in [0, 0.1) is 5.92 Å². The Morgan fingerprint density at radius 1 is 1.50 bits per heavy atom. The third-order valence-corrected chi connectivity index (χ3v) is 3.04. The predicted molar refractivity (Wildman–Crippen MR) is 60.5 cm³/mol. The van der Waals surface area contributed by atoms with E-state index >= 15 is 0 Å². The highest BCUT2D eigenvalue weighted by molar-refractivity contribution is 6.42. The minimum absolute atomic E-state index is 0.196. The van der Waals surface area contributed by atoms with Crippen LogP contribution in [0.5, 0.6) is 0 Å². The number of carboxylic acids is 1. The van der Waals surface area contributed by atoms with Crippen molar-refractivity contribution < 1.29 is 9.90 Å². The number of carbonyl (C=O) groups is 1. The number of fused-ring (bicyclic) bond motifs is 2. The fraction of sp³-hybridized carbons (Fsp3) is 0.250. The number of carboxylic acid groups (broad SMARTS) is 1. The molecule has 0 bridgehead atoms. The molecule has 0 radical (unpaired) electrons. The molecule has 0 amide bonds. The normalized spacial score (nSPS) is 26.1. The van der Waals surface area contributed by atoms with Crippen LogP contribution in [0.15, 0.2) is 45.1 Å². The van der Waals surface area contributed by atoms with Crippen molar-refractivity contribution in [2.24, 2.45) is 15.9 Å². The molecular formula is C12H10N2O2. The zero-order valence-electron chi connectivity index (χ0n) is 8.77. The van der Waals surface area contributed by atoms with Crippen LogP contribution in [0.25, 0.3) is 0 Å². The fourth-order valence-electron chi connectivity index (χ4n) is 2.29. The SMILES string of the molecule is CC1C=CC=C2N=C3N=C(C(=O)O)CC3=C21. The molecule has 0 aromatic carbocycles. The molecule has 2 heterocycles. The van der Waals surface area contributed by atoms with E-state index in [1.165, 1.54) is 0 Å². The van der Waals surface area contributed by atoms with Crippen molar-refractivity contribution in [2.45, 2.75) is 13.3 Å². The van der Waals surface area contributed by atoms with Crippen molar-refractivity contribution in [3.05, 3.63) is 35.1 Å². The molecule has 80 valence electrons. The van der Waals surface area contributed by atoms with E-state index in [1.807, 2.05) is 12.2 Å².